The third kappa shape index (κ3) is 4.94. The molecule has 2 atom stereocenters. The average Bonchev–Trinajstić information content (AvgIpc) is 3.41. The summed E-state index contributed by atoms with van der Waals surface area (Å²) >= 11 is 0. The molecular formula is C26H32N4O6. The van der Waals surface area contributed by atoms with Crippen molar-refractivity contribution in [1.82, 2.24) is 20.0 Å². The number of furan rings is 1. The number of nitrogens with one attached hydrogen (secondary N) is 1. The molecule has 1 aromatic heterocycles. The summed E-state index contributed by atoms with van der Waals surface area (Å²) in [5.74, 6) is 0.233. The minimum absolute atomic E-state index is 0.0873. The lowest BCUT2D eigenvalue weighted by Crippen LogP contribution is -2.56. The van der Waals surface area contributed by atoms with Crippen LogP contribution in [0, 0.1) is 0 Å². The molecule has 2 aliphatic heterocycles. The lowest BCUT2D eigenvalue weighted by Gasteiger charge is -2.42. The Morgan fingerprint density at radius 2 is 1.94 bits per heavy atom. The zero-order valence-electron chi connectivity index (χ0n) is 21.0. The molecule has 3 heterocycles. The lowest BCUT2D eigenvalue weighted by molar-refractivity contribution is -0.139. The van der Waals surface area contributed by atoms with Crippen LogP contribution >= 0.6 is 0 Å². The van der Waals surface area contributed by atoms with Gasteiger partial charge < -0.3 is 24.1 Å². The Labute approximate surface area is 210 Å². The van der Waals surface area contributed by atoms with Gasteiger partial charge in [0.15, 0.2) is 5.76 Å². The Bertz CT molecular complexity index is 1150. The largest absolute Gasteiger partial charge is 0.496 e. The van der Waals surface area contributed by atoms with Crippen molar-refractivity contribution in [2.24, 2.45) is 0 Å². The highest BCUT2D eigenvalue weighted by Crippen LogP contribution is 2.36. The van der Waals surface area contributed by atoms with E-state index in [0.717, 1.165) is 0 Å². The summed E-state index contributed by atoms with van der Waals surface area (Å²) in [6.07, 6.45) is 1.49. The fraction of sp³-hybridized carbons (Fsp3) is 0.423. The van der Waals surface area contributed by atoms with E-state index in [2.05, 4.69) is 10.2 Å². The van der Waals surface area contributed by atoms with E-state index in [1.807, 2.05) is 25.1 Å². The van der Waals surface area contributed by atoms with Gasteiger partial charge in [0.2, 0.25) is 0 Å². The Kier molecular flexibility index (Phi) is 7.64. The van der Waals surface area contributed by atoms with Crippen LogP contribution in [0.5, 0.6) is 5.75 Å². The van der Waals surface area contributed by atoms with E-state index in [9.17, 15) is 14.4 Å². The highest BCUT2D eigenvalue weighted by molar-refractivity contribution is 5.95. The first-order valence-corrected chi connectivity index (χ1v) is 12.0. The van der Waals surface area contributed by atoms with E-state index in [-0.39, 0.29) is 24.6 Å². The van der Waals surface area contributed by atoms with E-state index in [1.54, 1.807) is 44.2 Å². The average molecular weight is 497 g/mol. The third-order valence-electron chi connectivity index (χ3n) is 6.60. The van der Waals surface area contributed by atoms with Crippen LogP contribution in [0.4, 0.5) is 4.79 Å². The van der Waals surface area contributed by atoms with Crippen molar-refractivity contribution in [3.05, 3.63) is 65.3 Å². The predicted octanol–water partition coefficient (Wildman–Crippen LogP) is 2.65. The molecule has 0 spiro atoms. The molecule has 1 saturated heterocycles. The van der Waals surface area contributed by atoms with Crippen LogP contribution in [0.1, 0.15) is 36.0 Å². The first kappa shape index (κ1) is 25.3. The fourth-order valence-electron chi connectivity index (χ4n) is 4.77. The molecule has 36 heavy (non-hydrogen) atoms. The molecule has 192 valence electrons. The molecule has 0 radical (unpaired) electrons. The molecule has 10 heteroatoms. The summed E-state index contributed by atoms with van der Waals surface area (Å²) in [6.45, 7) is 5.91. The molecule has 0 aliphatic carbocycles. The fourth-order valence-corrected chi connectivity index (χ4v) is 4.77. The molecule has 1 N–H and O–H groups in total. The summed E-state index contributed by atoms with van der Waals surface area (Å²) < 4.78 is 16.2. The topological polar surface area (TPSA) is 105 Å². The number of hydrogen-bond donors (Lipinski definition) is 1. The van der Waals surface area contributed by atoms with Gasteiger partial charge in [-0.2, -0.15) is 0 Å². The highest BCUT2D eigenvalue weighted by Gasteiger charge is 2.39. The molecular weight excluding hydrogens is 464 g/mol. The van der Waals surface area contributed by atoms with Crippen LogP contribution < -0.4 is 10.1 Å². The van der Waals surface area contributed by atoms with Crippen molar-refractivity contribution in [2.75, 3.05) is 46.9 Å². The molecule has 1 aromatic carbocycles. The first-order valence-electron chi connectivity index (χ1n) is 12.0. The van der Waals surface area contributed by atoms with Crippen molar-refractivity contribution in [3.63, 3.8) is 0 Å². The van der Waals surface area contributed by atoms with Crippen LogP contribution in [0.2, 0.25) is 0 Å². The number of ether oxygens (including phenoxy) is 2. The van der Waals surface area contributed by atoms with Crippen LogP contribution in [0.15, 0.2) is 58.3 Å². The van der Waals surface area contributed by atoms with Crippen LogP contribution in [-0.2, 0) is 9.53 Å². The van der Waals surface area contributed by atoms with Crippen LogP contribution in [-0.4, -0.2) is 85.6 Å². The van der Waals surface area contributed by atoms with Crippen molar-refractivity contribution in [1.29, 1.82) is 0 Å². The van der Waals surface area contributed by atoms with Gasteiger partial charge in [-0.05, 0) is 32.0 Å². The number of carbonyl (C=O) groups is 3. The van der Waals surface area contributed by atoms with Crippen molar-refractivity contribution >= 4 is 17.9 Å². The summed E-state index contributed by atoms with van der Waals surface area (Å²) in [5, 5.41) is 2.93. The number of amides is 3. The van der Waals surface area contributed by atoms with E-state index < -0.39 is 12.0 Å². The van der Waals surface area contributed by atoms with Gasteiger partial charge >= 0.3 is 12.0 Å². The maximum atomic E-state index is 13.2. The molecule has 10 nitrogen and oxygen atoms in total. The summed E-state index contributed by atoms with van der Waals surface area (Å²) in [4.78, 5) is 44.4. The second-order valence-corrected chi connectivity index (χ2v) is 8.82. The number of urea groups is 1. The number of nitrogens with zero attached hydrogens (tertiary/aromatic N) is 3. The molecule has 0 bridgehead atoms. The number of benzene rings is 1. The number of piperazine rings is 1. The molecule has 4 rings (SSSR count). The van der Waals surface area contributed by atoms with Gasteiger partial charge in [-0.1, -0.05) is 18.2 Å². The molecule has 2 aliphatic rings. The molecule has 0 saturated carbocycles. The van der Waals surface area contributed by atoms with E-state index >= 15 is 0 Å². The van der Waals surface area contributed by atoms with Gasteiger partial charge in [0.1, 0.15) is 5.75 Å². The highest BCUT2D eigenvalue weighted by atomic mass is 16.5. The Morgan fingerprint density at radius 3 is 2.61 bits per heavy atom. The third-order valence-corrected chi connectivity index (χ3v) is 6.60. The van der Waals surface area contributed by atoms with Crippen LogP contribution in [0.25, 0.3) is 0 Å². The predicted molar refractivity (Wildman–Crippen MR) is 131 cm³/mol. The van der Waals surface area contributed by atoms with E-state index in [4.69, 9.17) is 13.9 Å². The monoisotopic (exact) mass is 496 g/mol. The Morgan fingerprint density at radius 1 is 1.17 bits per heavy atom. The number of methoxy groups -OCH3 is 1. The minimum Gasteiger partial charge on any atom is -0.496 e. The Hall–Kier alpha value is -3.79. The molecule has 2 aromatic rings. The number of hydrogen-bond acceptors (Lipinski definition) is 7. The second kappa shape index (κ2) is 10.9. The number of likely N-dealkylation sites (N-methyl/N-ethyl adjacent to an activating group) is 1. The zero-order valence-corrected chi connectivity index (χ0v) is 21.0. The summed E-state index contributed by atoms with van der Waals surface area (Å²) in [6, 6.07) is 9.50. The van der Waals surface area contributed by atoms with Gasteiger partial charge in [0.25, 0.3) is 5.91 Å². The van der Waals surface area contributed by atoms with Crippen molar-refractivity contribution in [3.8, 4) is 5.75 Å². The van der Waals surface area contributed by atoms with E-state index in [0.29, 0.717) is 54.5 Å². The number of para-hydroxylation sites is 1. The molecule has 0 unspecified atom stereocenters. The van der Waals surface area contributed by atoms with E-state index in [1.165, 1.54) is 11.2 Å². The SMILES string of the molecule is CCOC(=O)C1=C(CN2CCN(C(=O)c3ccco3)[C@H](C)C2)N(C)C(=O)N[C@H]1c1ccccc1OC. The molecule has 1 fully saturated rings. The number of carbonyl (C=O) groups excluding carboxylic acids is 3. The minimum atomic E-state index is -0.724. The van der Waals surface area contributed by atoms with Gasteiger partial charge in [-0.3, -0.25) is 14.6 Å². The second-order valence-electron chi connectivity index (χ2n) is 8.82. The van der Waals surface area contributed by atoms with Crippen molar-refractivity contribution in [2.45, 2.75) is 25.9 Å². The standard InChI is InChI=1S/C26H32N4O6/c1-5-35-25(32)22-19(28(3)26(33)27-23(22)18-9-6-7-10-20(18)34-4)16-29-12-13-30(17(2)15-29)24(31)21-11-8-14-36-21/h6-11,14,17,23H,5,12-13,15-16H2,1-4H3,(H,27,33)/t17-,23+/m1/s1. The van der Waals surface area contributed by atoms with Crippen LogP contribution in [0.3, 0.4) is 0 Å². The normalized spacial score (nSPS) is 20.8. The smallest absolute Gasteiger partial charge is 0.338 e. The maximum Gasteiger partial charge on any atom is 0.338 e. The summed E-state index contributed by atoms with van der Waals surface area (Å²) in [5.41, 5.74) is 1.60. The van der Waals surface area contributed by atoms with Crippen molar-refractivity contribution < 1.29 is 28.3 Å². The van der Waals surface area contributed by atoms with Gasteiger partial charge in [-0.15, -0.1) is 0 Å². The Balaban J connectivity index is 1.64. The quantitative estimate of drug-likeness (QED) is 0.588. The maximum absolute atomic E-state index is 13.2. The lowest BCUT2D eigenvalue weighted by atomic mass is 9.93. The zero-order chi connectivity index (χ0) is 25.8. The number of rotatable bonds is 7. The molecule has 3 amide bonds. The first-order chi connectivity index (χ1) is 17.3. The van der Waals surface area contributed by atoms with Gasteiger partial charge in [-0.25, -0.2) is 9.59 Å². The number of esters is 1. The van der Waals surface area contributed by atoms with Gasteiger partial charge in [0.05, 0.1) is 31.6 Å². The van der Waals surface area contributed by atoms with Gasteiger partial charge in [0, 0.05) is 50.5 Å². The summed E-state index contributed by atoms with van der Waals surface area (Å²) in [7, 11) is 3.19.